The molecular formula is C15H24N2O3S. The molecule has 1 aromatic carbocycles. The second-order valence-corrected chi connectivity index (χ2v) is 7.32. The van der Waals surface area contributed by atoms with Crippen molar-refractivity contribution in [1.82, 2.24) is 9.21 Å². The third-order valence-electron chi connectivity index (χ3n) is 3.77. The number of hydrogen-bond acceptors (Lipinski definition) is 4. The molecule has 1 heterocycles. The van der Waals surface area contributed by atoms with Crippen molar-refractivity contribution in [2.24, 2.45) is 0 Å². The van der Waals surface area contributed by atoms with Gasteiger partial charge in [-0.3, -0.25) is 0 Å². The molecule has 0 radical (unpaired) electrons. The van der Waals surface area contributed by atoms with Crippen molar-refractivity contribution in [2.75, 3.05) is 39.8 Å². The first-order valence-electron chi connectivity index (χ1n) is 7.45. The van der Waals surface area contributed by atoms with Crippen LogP contribution in [-0.2, 0) is 10.0 Å². The van der Waals surface area contributed by atoms with Gasteiger partial charge in [-0.05, 0) is 57.1 Å². The quantitative estimate of drug-likeness (QED) is 0.770. The Hall–Kier alpha value is -1.11. The minimum atomic E-state index is -3.41. The smallest absolute Gasteiger partial charge is 0.242 e. The average Bonchev–Trinajstić information content (AvgIpc) is 2.99. The lowest BCUT2D eigenvalue weighted by molar-refractivity contribution is 0.310. The molecule has 0 saturated carbocycles. The predicted octanol–water partition coefficient (Wildman–Crippen LogP) is 1.80. The lowest BCUT2D eigenvalue weighted by Crippen LogP contribution is -2.35. The zero-order chi connectivity index (χ0) is 15.3. The number of benzene rings is 1. The van der Waals surface area contributed by atoms with Crippen molar-refractivity contribution >= 4 is 10.0 Å². The summed E-state index contributed by atoms with van der Waals surface area (Å²) in [4.78, 5) is 2.62. The lowest BCUT2D eigenvalue weighted by Gasteiger charge is -2.21. The second-order valence-electron chi connectivity index (χ2n) is 5.28. The molecule has 0 aromatic heterocycles. The van der Waals surface area contributed by atoms with Gasteiger partial charge in [-0.25, -0.2) is 8.42 Å². The predicted molar refractivity (Wildman–Crippen MR) is 83.1 cm³/mol. The van der Waals surface area contributed by atoms with E-state index < -0.39 is 10.0 Å². The maximum Gasteiger partial charge on any atom is 0.242 e. The van der Waals surface area contributed by atoms with Crippen molar-refractivity contribution in [3.05, 3.63) is 24.3 Å². The first-order valence-corrected chi connectivity index (χ1v) is 8.89. The van der Waals surface area contributed by atoms with Crippen LogP contribution in [0.25, 0.3) is 0 Å². The van der Waals surface area contributed by atoms with Crippen LogP contribution in [0.3, 0.4) is 0 Å². The van der Waals surface area contributed by atoms with Crippen LogP contribution in [0.1, 0.15) is 19.8 Å². The molecule has 118 valence electrons. The molecular weight excluding hydrogens is 288 g/mol. The molecule has 21 heavy (non-hydrogen) atoms. The van der Waals surface area contributed by atoms with Crippen LogP contribution in [0.15, 0.2) is 29.2 Å². The van der Waals surface area contributed by atoms with Crippen LogP contribution in [0.5, 0.6) is 5.75 Å². The Kier molecular flexibility index (Phi) is 5.61. The number of likely N-dealkylation sites (N-methyl/N-ethyl adjacent to an activating group) is 1. The summed E-state index contributed by atoms with van der Waals surface area (Å²) in [6.07, 6.45) is 2.44. The first kappa shape index (κ1) is 16.3. The number of nitrogens with zero attached hydrogens (tertiary/aromatic N) is 2. The maximum atomic E-state index is 12.5. The van der Waals surface area contributed by atoms with Crippen LogP contribution in [0.2, 0.25) is 0 Å². The molecule has 0 spiro atoms. The summed E-state index contributed by atoms with van der Waals surface area (Å²) in [5.74, 6) is 0.691. The van der Waals surface area contributed by atoms with Crippen LogP contribution < -0.4 is 4.74 Å². The highest BCUT2D eigenvalue weighted by Gasteiger charge is 2.22. The Morgan fingerprint density at radius 2 is 1.81 bits per heavy atom. The Bertz CT molecular complexity index is 537. The normalized spacial score (nSPS) is 16.5. The van der Waals surface area contributed by atoms with Gasteiger partial charge in [-0.15, -0.1) is 0 Å². The van der Waals surface area contributed by atoms with Crippen molar-refractivity contribution < 1.29 is 13.2 Å². The average molecular weight is 312 g/mol. The molecule has 1 aliphatic rings. The maximum absolute atomic E-state index is 12.5. The minimum Gasteiger partial charge on any atom is -0.494 e. The third kappa shape index (κ3) is 4.18. The molecule has 1 aromatic rings. The van der Waals surface area contributed by atoms with E-state index in [0.717, 1.165) is 19.6 Å². The van der Waals surface area contributed by atoms with Gasteiger partial charge in [0.1, 0.15) is 5.75 Å². The first-order chi connectivity index (χ1) is 10.0. The van der Waals surface area contributed by atoms with Crippen molar-refractivity contribution in [3.8, 4) is 5.75 Å². The molecule has 2 rings (SSSR count). The van der Waals surface area contributed by atoms with Crippen molar-refractivity contribution in [1.29, 1.82) is 0 Å². The number of ether oxygens (including phenoxy) is 1. The highest BCUT2D eigenvalue weighted by atomic mass is 32.2. The Labute approximate surface area is 127 Å². The van der Waals surface area contributed by atoms with E-state index in [1.807, 2.05) is 6.92 Å². The molecule has 0 N–H and O–H groups in total. The monoisotopic (exact) mass is 312 g/mol. The Morgan fingerprint density at radius 3 is 2.38 bits per heavy atom. The van der Waals surface area contributed by atoms with Crippen LogP contribution in [0, 0.1) is 0 Å². The van der Waals surface area contributed by atoms with Gasteiger partial charge in [0.15, 0.2) is 0 Å². The SMILES string of the molecule is CCOc1ccc(S(=O)(=O)N(C)CCN2CCCC2)cc1. The fourth-order valence-electron chi connectivity index (χ4n) is 2.46. The Morgan fingerprint density at radius 1 is 1.19 bits per heavy atom. The molecule has 0 aliphatic carbocycles. The molecule has 1 saturated heterocycles. The van der Waals surface area contributed by atoms with Crippen LogP contribution in [-0.4, -0.2) is 57.5 Å². The van der Waals surface area contributed by atoms with E-state index in [-0.39, 0.29) is 0 Å². The third-order valence-corrected chi connectivity index (χ3v) is 5.64. The van der Waals surface area contributed by atoms with Gasteiger partial charge in [-0.1, -0.05) is 0 Å². The van der Waals surface area contributed by atoms with Crippen molar-refractivity contribution in [3.63, 3.8) is 0 Å². The molecule has 1 aliphatic heterocycles. The summed E-state index contributed by atoms with van der Waals surface area (Å²) < 4.78 is 31.7. The van der Waals surface area contributed by atoms with Gasteiger partial charge >= 0.3 is 0 Å². The number of rotatable bonds is 7. The van der Waals surface area contributed by atoms with Gasteiger partial charge in [-0.2, -0.15) is 4.31 Å². The lowest BCUT2D eigenvalue weighted by atomic mass is 10.3. The van der Waals surface area contributed by atoms with E-state index >= 15 is 0 Å². The number of likely N-dealkylation sites (tertiary alicyclic amines) is 1. The molecule has 0 unspecified atom stereocenters. The standard InChI is InChI=1S/C15H24N2O3S/c1-3-20-14-6-8-15(9-7-14)21(18,19)16(2)12-13-17-10-4-5-11-17/h6-9H,3-5,10-13H2,1-2H3. The molecule has 1 fully saturated rings. The number of sulfonamides is 1. The van der Waals surface area contributed by atoms with Gasteiger partial charge in [0, 0.05) is 20.1 Å². The van der Waals surface area contributed by atoms with E-state index in [4.69, 9.17) is 4.74 Å². The molecule has 6 heteroatoms. The van der Waals surface area contributed by atoms with Gasteiger partial charge < -0.3 is 9.64 Å². The summed E-state index contributed by atoms with van der Waals surface area (Å²) in [6, 6.07) is 6.61. The fourth-order valence-corrected chi connectivity index (χ4v) is 3.63. The fraction of sp³-hybridized carbons (Fsp3) is 0.600. The van der Waals surface area contributed by atoms with E-state index in [0.29, 0.717) is 23.8 Å². The van der Waals surface area contributed by atoms with E-state index in [1.54, 1.807) is 31.3 Å². The van der Waals surface area contributed by atoms with Crippen LogP contribution in [0.4, 0.5) is 0 Å². The van der Waals surface area contributed by atoms with E-state index in [1.165, 1.54) is 17.1 Å². The highest BCUT2D eigenvalue weighted by Crippen LogP contribution is 2.19. The molecule has 0 atom stereocenters. The topological polar surface area (TPSA) is 49.9 Å². The van der Waals surface area contributed by atoms with Gasteiger partial charge in [0.05, 0.1) is 11.5 Å². The van der Waals surface area contributed by atoms with E-state index in [2.05, 4.69) is 4.90 Å². The number of hydrogen-bond donors (Lipinski definition) is 0. The van der Waals surface area contributed by atoms with E-state index in [9.17, 15) is 8.42 Å². The largest absolute Gasteiger partial charge is 0.494 e. The summed E-state index contributed by atoms with van der Waals surface area (Å²) in [5, 5.41) is 0. The second kappa shape index (κ2) is 7.24. The van der Waals surface area contributed by atoms with Crippen molar-refractivity contribution in [2.45, 2.75) is 24.7 Å². The molecule has 5 nitrogen and oxygen atoms in total. The summed E-state index contributed by atoms with van der Waals surface area (Å²) in [6.45, 7) is 5.95. The Balaban J connectivity index is 1.98. The van der Waals surface area contributed by atoms with Gasteiger partial charge in [0.25, 0.3) is 0 Å². The summed E-state index contributed by atoms with van der Waals surface area (Å²) in [5.41, 5.74) is 0. The summed E-state index contributed by atoms with van der Waals surface area (Å²) in [7, 11) is -1.77. The molecule has 0 bridgehead atoms. The highest BCUT2D eigenvalue weighted by molar-refractivity contribution is 7.89. The zero-order valence-electron chi connectivity index (χ0n) is 12.8. The zero-order valence-corrected chi connectivity index (χ0v) is 13.6. The summed E-state index contributed by atoms with van der Waals surface area (Å²) >= 11 is 0. The van der Waals surface area contributed by atoms with Gasteiger partial charge in [0.2, 0.25) is 10.0 Å². The minimum absolute atomic E-state index is 0.315. The van der Waals surface area contributed by atoms with Crippen LogP contribution >= 0.6 is 0 Å². The molecule has 0 amide bonds.